The lowest BCUT2D eigenvalue weighted by molar-refractivity contribution is 0.0696. The predicted octanol–water partition coefficient (Wildman–Crippen LogP) is 4.35. The molecule has 3 nitrogen and oxygen atoms in total. The quantitative estimate of drug-likeness (QED) is 0.778. The van der Waals surface area contributed by atoms with Crippen LogP contribution < -0.4 is 0 Å². The molecule has 0 aliphatic rings. The van der Waals surface area contributed by atoms with Crippen LogP contribution in [0.4, 0.5) is 4.39 Å². The molecule has 116 valence electrons. The third-order valence-corrected chi connectivity index (χ3v) is 3.92. The fourth-order valence-corrected chi connectivity index (χ4v) is 2.69. The van der Waals surface area contributed by atoms with Gasteiger partial charge >= 0.3 is 5.97 Å². The van der Waals surface area contributed by atoms with Gasteiger partial charge in [-0.25, -0.2) is 9.18 Å². The Morgan fingerprint density at radius 2 is 1.74 bits per heavy atom. The zero-order chi connectivity index (χ0) is 16.4. The number of benzene rings is 2. The first-order chi connectivity index (χ1) is 11.1. The molecule has 0 atom stereocenters. The van der Waals surface area contributed by atoms with E-state index in [-0.39, 0.29) is 11.4 Å². The van der Waals surface area contributed by atoms with Gasteiger partial charge in [-0.2, -0.15) is 0 Å². The molecule has 0 spiro atoms. The molecule has 0 saturated heterocycles. The third kappa shape index (κ3) is 3.01. The summed E-state index contributed by atoms with van der Waals surface area (Å²) >= 11 is 0. The van der Waals surface area contributed by atoms with Gasteiger partial charge in [0.1, 0.15) is 5.82 Å². The normalized spacial score (nSPS) is 10.7. The second kappa shape index (κ2) is 6.08. The molecule has 0 unspecified atom stereocenters. The smallest absolute Gasteiger partial charge is 0.337 e. The molecule has 3 rings (SSSR count). The van der Waals surface area contributed by atoms with Crippen LogP contribution >= 0.6 is 0 Å². The molecule has 3 aromatic rings. The van der Waals surface area contributed by atoms with Gasteiger partial charge in [0.05, 0.1) is 5.56 Å². The van der Waals surface area contributed by atoms with Crippen LogP contribution in [0, 0.1) is 12.7 Å². The number of nitrogens with zero attached hydrogens (tertiary/aromatic N) is 1. The fourth-order valence-electron chi connectivity index (χ4n) is 2.69. The molecule has 2 aromatic carbocycles. The van der Waals surface area contributed by atoms with Crippen LogP contribution in [-0.2, 0) is 6.54 Å². The van der Waals surface area contributed by atoms with Crippen molar-refractivity contribution in [2.75, 3.05) is 0 Å². The topological polar surface area (TPSA) is 42.2 Å². The number of aromatic carboxylic acids is 1. The number of carboxylic acids is 1. The van der Waals surface area contributed by atoms with Crippen LogP contribution in [0.2, 0.25) is 0 Å². The van der Waals surface area contributed by atoms with Crippen LogP contribution in [-0.4, -0.2) is 15.6 Å². The van der Waals surface area contributed by atoms with Gasteiger partial charge in [0.2, 0.25) is 0 Å². The summed E-state index contributed by atoms with van der Waals surface area (Å²) in [7, 11) is 0. The molecular weight excluding hydrogens is 293 g/mol. The summed E-state index contributed by atoms with van der Waals surface area (Å²) in [5.74, 6) is -1.28. The van der Waals surface area contributed by atoms with Gasteiger partial charge in [0.15, 0.2) is 0 Å². The van der Waals surface area contributed by atoms with Crippen molar-refractivity contribution >= 4 is 5.97 Å². The Balaban J connectivity index is 2.12. The Kier molecular flexibility index (Phi) is 3.98. The van der Waals surface area contributed by atoms with Gasteiger partial charge in [-0.1, -0.05) is 30.3 Å². The van der Waals surface area contributed by atoms with Crippen molar-refractivity contribution < 1.29 is 14.3 Å². The molecule has 0 fully saturated rings. The Morgan fingerprint density at radius 1 is 1.09 bits per heavy atom. The van der Waals surface area contributed by atoms with Gasteiger partial charge in [0.25, 0.3) is 0 Å². The van der Waals surface area contributed by atoms with E-state index < -0.39 is 5.97 Å². The summed E-state index contributed by atoms with van der Waals surface area (Å²) in [6.45, 7) is 2.35. The highest BCUT2D eigenvalue weighted by Crippen LogP contribution is 2.27. The zero-order valence-electron chi connectivity index (χ0n) is 12.7. The first-order valence-corrected chi connectivity index (χ1v) is 7.29. The van der Waals surface area contributed by atoms with Crippen LogP contribution in [0.3, 0.4) is 0 Å². The Labute approximate surface area is 133 Å². The Morgan fingerprint density at radius 3 is 2.35 bits per heavy atom. The van der Waals surface area contributed by atoms with E-state index in [0.717, 1.165) is 16.8 Å². The summed E-state index contributed by atoms with van der Waals surface area (Å²) in [6, 6.07) is 17.6. The molecule has 1 heterocycles. The SMILES string of the molecule is Cc1c(C(=O)O)cc(-c2ccc(F)cc2)n1Cc1ccccc1. The van der Waals surface area contributed by atoms with Crippen molar-refractivity contribution in [3.8, 4) is 11.3 Å². The Bertz CT molecular complexity index is 836. The molecule has 0 aliphatic carbocycles. The first kappa shape index (κ1) is 15.0. The van der Waals surface area contributed by atoms with E-state index in [2.05, 4.69) is 0 Å². The van der Waals surface area contributed by atoms with Gasteiger partial charge in [0, 0.05) is 17.9 Å². The van der Waals surface area contributed by atoms with Crippen LogP contribution in [0.15, 0.2) is 60.7 Å². The number of hydrogen-bond acceptors (Lipinski definition) is 1. The minimum Gasteiger partial charge on any atom is -0.478 e. The lowest BCUT2D eigenvalue weighted by Gasteiger charge is -2.12. The van der Waals surface area contributed by atoms with Crippen LogP contribution in [0.5, 0.6) is 0 Å². The molecule has 23 heavy (non-hydrogen) atoms. The first-order valence-electron chi connectivity index (χ1n) is 7.29. The molecule has 0 amide bonds. The molecule has 0 aliphatic heterocycles. The van der Waals surface area contributed by atoms with E-state index in [1.165, 1.54) is 12.1 Å². The van der Waals surface area contributed by atoms with Gasteiger partial charge in [-0.15, -0.1) is 0 Å². The van der Waals surface area contributed by atoms with E-state index >= 15 is 0 Å². The molecule has 1 N–H and O–H groups in total. The monoisotopic (exact) mass is 309 g/mol. The van der Waals surface area contributed by atoms with Crippen molar-refractivity contribution in [3.63, 3.8) is 0 Å². The maximum atomic E-state index is 13.2. The number of carbonyl (C=O) groups is 1. The minimum absolute atomic E-state index is 0.264. The summed E-state index contributed by atoms with van der Waals surface area (Å²) in [6.07, 6.45) is 0. The summed E-state index contributed by atoms with van der Waals surface area (Å²) in [5, 5.41) is 9.39. The molecule has 0 radical (unpaired) electrons. The second-order valence-corrected chi connectivity index (χ2v) is 5.41. The average molecular weight is 309 g/mol. The summed E-state index contributed by atoms with van der Waals surface area (Å²) in [5.41, 5.74) is 3.58. The highest BCUT2D eigenvalue weighted by molar-refractivity contribution is 5.91. The van der Waals surface area contributed by atoms with Crippen molar-refractivity contribution in [1.82, 2.24) is 4.57 Å². The van der Waals surface area contributed by atoms with E-state index in [1.54, 1.807) is 25.1 Å². The molecule has 1 aromatic heterocycles. The summed E-state index contributed by atoms with van der Waals surface area (Å²) in [4.78, 5) is 11.5. The van der Waals surface area contributed by atoms with Crippen molar-refractivity contribution in [2.24, 2.45) is 0 Å². The molecule has 0 bridgehead atoms. The fraction of sp³-hybridized carbons (Fsp3) is 0.105. The number of rotatable bonds is 4. The second-order valence-electron chi connectivity index (χ2n) is 5.41. The van der Waals surface area contributed by atoms with Gasteiger partial charge < -0.3 is 9.67 Å². The van der Waals surface area contributed by atoms with E-state index in [9.17, 15) is 14.3 Å². The number of carboxylic acid groups (broad SMARTS) is 1. The van der Waals surface area contributed by atoms with Gasteiger partial charge in [-0.3, -0.25) is 0 Å². The Hall–Kier alpha value is -2.88. The highest BCUT2D eigenvalue weighted by Gasteiger charge is 2.18. The van der Waals surface area contributed by atoms with E-state index in [0.29, 0.717) is 12.2 Å². The zero-order valence-corrected chi connectivity index (χ0v) is 12.7. The minimum atomic E-state index is -0.960. The van der Waals surface area contributed by atoms with Crippen molar-refractivity contribution in [3.05, 3.63) is 83.3 Å². The van der Waals surface area contributed by atoms with E-state index in [4.69, 9.17) is 0 Å². The largest absolute Gasteiger partial charge is 0.478 e. The van der Waals surface area contributed by atoms with Crippen LogP contribution in [0.1, 0.15) is 21.6 Å². The van der Waals surface area contributed by atoms with Crippen molar-refractivity contribution in [2.45, 2.75) is 13.5 Å². The van der Waals surface area contributed by atoms with Gasteiger partial charge in [-0.05, 0) is 48.4 Å². The molecule has 4 heteroatoms. The third-order valence-electron chi connectivity index (χ3n) is 3.92. The van der Waals surface area contributed by atoms with Crippen molar-refractivity contribution in [1.29, 1.82) is 0 Å². The lowest BCUT2D eigenvalue weighted by Crippen LogP contribution is -2.05. The number of halogens is 1. The number of aromatic nitrogens is 1. The lowest BCUT2D eigenvalue weighted by atomic mass is 10.1. The molecular formula is C19H16FNO2. The number of hydrogen-bond donors (Lipinski definition) is 1. The predicted molar refractivity (Wildman–Crippen MR) is 87.1 cm³/mol. The molecule has 0 saturated carbocycles. The standard InChI is InChI=1S/C19H16FNO2/c1-13-17(19(22)23)11-18(15-7-9-16(20)10-8-15)21(13)12-14-5-3-2-4-6-14/h2-11H,12H2,1H3,(H,22,23). The average Bonchev–Trinajstić information content (AvgIpc) is 2.87. The summed E-state index contributed by atoms with van der Waals surface area (Å²) < 4.78 is 15.1. The maximum absolute atomic E-state index is 13.2. The van der Waals surface area contributed by atoms with E-state index in [1.807, 2.05) is 34.9 Å². The highest BCUT2D eigenvalue weighted by atomic mass is 19.1. The van der Waals surface area contributed by atoms with Crippen LogP contribution in [0.25, 0.3) is 11.3 Å². The maximum Gasteiger partial charge on any atom is 0.337 e.